The van der Waals surface area contributed by atoms with E-state index >= 15 is 0 Å². The molecule has 0 saturated carbocycles. The predicted octanol–water partition coefficient (Wildman–Crippen LogP) is 3.46. The molecule has 0 spiro atoms. The highest BCUT2D eigenvalue weighted by molar-refractivity contribution is 9.10. The maximum absolute atomic E-state index is 11.9. The minimum Gasteiger partial charge on any atom is -0.376 e. The van der Waals surface area contributed by atoms with Crippen LogP contribution in [0.4, 0.5) is 17.1 Å². The van der Waals surface area contributed by atoms with E-state index in [4.69, 9.17) is 0 Å². The van der Waals surface area contributed by atoms with Crippen LogP contribution in [0.15, 0.2) is 53.0 Å². The van der Waals surface area contributed by atoms with E-state index in [-0.39, 0.29) is 18.4 Å². The van der Waals surface area contributed by atoms with Gasteiger partial charge < -0.3 is 16.0 Å². The fraction of sp³-hybridized carbons (Fsp3) is 0.125. The summed E-state index contributed by atoms with van der Waals surface area (Å²) in [5, 5.41) is 8.51. The van der Waals surface area contributed by atoms with Gasteiger partial charge in [0.1, 0.15) is 0 Å². The summed E-state index contributed by atoms with van der Waals surface area (Å²) in [6.07, 6.45) is 0. The van der Waals surface area contributed by atoms with Crippen LogP contribution in [0.5, 0.6) is 0 Å². The molecule has 5 nitrogen and oxygen atoms in total. The quantitative estimate of drug-likeness (QED) is 0.763. The van der Waals surface area contributed by atoms with Crippen LogP contribution in [-0.4, -0.2) is 18.4 Å². The molecule has 0 heterocycles. The summed E-state index contributed by atoms with van der Waals surface area (Å²) in [5.74, 6) is -0.285. The number of carbonyl (C=O) groups is 2. The summed E-state index contributed by atoms with van der Waals surface area (Å²) in [6.45, 7) is 1.58. The Kier molecular flexibility index (Phi) is 5.55. The van der Waals surface area contributed by atoms with Crippen molar-refractivity contribution >= 4 is 44.8 Å². The molecule has 2 aromatic rings. The minimum atomic E-state index is -0.150. The van der Waals surface area contributed by atoms with Crippen LogP contribution in [0.1, 0.15) is 6.92 Å². The van der Waals surface area contributed by atoms with Crippen molar-refractivity contribution in [2.45, 2.75) is 6.92 Å². The second kappa shape index (κ2) is 7.61. The summed E-state index contributed by atoms with van der Waals surface area (Å²) in [7, 11) is 0. The average molecular weight is 362 g/mol. The molecular formula is C16H16BrN3O2. The van der Waals surface area contributed by atoms with Crippen molar-refractivity contribution < 1.29 is 9.59 Å². The molecule has 0 unspecified atom stereocenters. The summed E-state index contributed by atoms with van der Waals surface area (Å²) in [6, 6.07) is 14.6. The van der Waals surface area contributed by atoms with Gasteiger partial charge in [0.05, 0.1) is 6.54 Å². The molecule has 2 amide bonds. The van der Waals surface area contributed by atoms with E-state index in [0.29, 0.717) is 5.69 Å². The highest BCUT2D eigenvalue weighted by atomic mass is 79.9. The van der Waals surface area contributed by atoms with Crippen LogP contribution in [0.25, 0.3) is 0 Å². The first kappa shape index (κ1) is 16.0. The second-order valence-electron chi connectivity index (χ2n) is 4.67. The number of carbonyl (C=O) groups excluding carboxylic acids is 2. The molecule has 0 radical (unpaired) electrons. The Balaban J connectivity index is 1.89. The molecule has 0 aliphatic carbocycles. The number of halogens is 1. The van der Waals surface area contributed by atoms with Gasteiger partial charge in [0.15, 0.2) is 0 Å². The lowest BCUT2D eigenvalue weighted by Crippen LogP contribution is -2.21. The fourth-order valence-corrected chi connectivity index (χ4v) is 2.26. The minimum absolute atomic E-state index is 0.135. The predicted molar refractivity (Wildman–Crippen MR) is 92.0 cm³/mol. The Morgan fingerprint density at radius 3 is 2.27 bits per heavy atom. The molecule has 22 heavy (non-hydrogen) atoms. The van der Waals surface area contributed by atoms with E-state index in [2.05, 4.69) is 31.9 Å². The topological polar surface area (TPSA) is 70.2 Å². The summed E-state index contributed by atoms with van der Waals surface area (Å²) >= 11 is 3.35. The van der Waals surface area contributed by atoms with Crippen molar-refractivity contribution in [3.8, 4) is 0 Å². The Morgan fingerprint density at radius 2 is 1.59 bits per heavy atom. The molecule has 114 valence electrons. The number of hydrogen-bond donors (Lipinski definition) is 3. The van der Waals surface area contributed by atoms with Crippen molar-refractivity contribution in [3.05, 3.63) is 53.0 Å². The van der Waals surface area contributed by atoms with Gasteiger partial charge in [0.2, 0.25) is 11.8 Å². The molecular weight excluding hydrogens is 346 g/mol. The molecule has 0 fully saturated rings. The van der Waals surface area contributed by atoms with Crippen LogP contribution in [0, 0.1) is 0 Å². The fourth-order valence-electron chi connectivity index (χ4n) is 1.86. The first-order valence-corrected chi connectivity index (χ1v) is 7.49. The summed E-state index contributed by atoms with van der Waals surface area (Å²) in [4.78, 5) is 22.9. The Hall–Kier alpha value is -2.34. The lowest BCUT2D eigenvalue weighted by atomic mass is 10.2. The Bertz CT molecular complexity index is 689. The van der Waals surface area contributed by atoms with Gasteiger partial charge in [0.25, 0.3) is 0 Å². The Morgan fingerprint density at radius 1 is 0.955 bits per heavy atom. The van der Waals surface area contributed by atoms with Crippen LogP contribution in [0.2, 0.25) is 0 Å². The van der Waals surface area contributed by atoms with E-state index in [1.807, 2.05) is 30.3 Å². The summed E-state index contributed by atoms with van der Waals surface area (Å²) in [5.41, 5.74) is 2.17. The van der Waals surface area contributed by atoms with Gasteiger partial charge in [-0.25, -0.2) is 0 Å². The maximum Gasteiger partial charge on any atom is 0.243 e. The molecule has 2 aromatic carbocycles. The zero-order valence-electron chi connectivity index (χ0n) is 12.0. The number of nitrogens with one attached hydrogen (secondary N) is 3. The lowest BCUT2D eigenvalue weighted by Gasteiger charge is -2.09. The normalized spacial score (nSPS) is 9.91. The van der Waals surface area contributed by atoms with E-state index in [9.17, 15) is 9.59 Å². The number of rotatable bonds is 5. The van der Waals surface area contributed by atoms with Crippen LogP contribution >= 0.6 is 15.9 Å². The molecule has 2 rings (SSSR count). The average Bonchev–Trinajstić information content (AvgIpc) is 2.45. The number of amides is 2. The van der Waals surface area contributed by atoms with Crippen molar-refractivity contribution in [2.24, 2.45) is 0 Å². The molecule has 0 bridgehead atoms. The largest absolute Gasteiger partial charge is 0.376 e. The van der Waals surface area contributed by atoms with E-state index in [1.165, 1.54) is 6.92 Å². The zero-order valence-corrected chi connectivity index (χ0v) is 13.6. The lowest BCUT2D eigenvalue weighted by molar-refractivity contribution is -0.115. The van der Waals surface area contributed by atoms with Crippen LogP contribution in [-0.2, 0) is 9.59 Å². The van der Waals surface area contributed by atoms with Gasteiger partial charge in [-0.15, -0.1) is 0 Å². The smallest absolute Gasteiger partial charge is 0.243 e. The van der Waals surface area contributed by atoms with E-state index < -0.39 is 0 Å². The highest BCUT2D eigenvalue weighted by Crippen LogP contribution is 2.16. The monoisotopic (exact) mass is 361 g/mol. The van der Waals surface area contributed by atoms with Crippen molar-refractivity contribution in [2.75, 3.05) is 22.5 Å². The Labute approximate surface area is 137 Å². The van der Waals surface area contributed by atoms with E-state index in [1.54, 1.807) is 18.2 Å². The number of benzene rings is 2. The standard InChI is InChI=1S/C16H16BrN3O2/c1-11(21)19-15-7-3-5-13(9-15)18-10-16(22)20-14-6-2-4-12(17)8-14/h2-9,18H,10H2,1H3,(H,19,21)(H,20,22). The van der Waals surface area contributed by atoms with Gasteiger partial charge in [-0.05, 0) is 36.4 Å². The van der Waals surface area contributed by atoms with Crippen molar-refractivity contribution in [1.29, 1.82) is 0 Å². The molecule has 0 aliphatic heterocycles. The molecule has 6 heteroatoms. The molecule has 0 aliphatic rings. The third-order valence-electron chi connectivity index (χ3n) is 2.74. The van der Waals surface area contributed by atoms with E-state index in [0.717, 1.165) is 15.8 Å². The zero-order chi connectivity index (χ0) is 15.9. The molecule has 3 N–H and O–H groups in total. The van der Waals surface area contributed by atoms with Crippen LogP contribution in [0.3, 0.4) is 0 Å². The second-order valence-corrected chi connectivity index (χ2v) is 5.59. The molecule has 0 aromatic heterocycles. The van der Waals surface area contributed by atoms with Crippen molar-refractivity contribution in [1.82, 2.24) is 0 Å². The number of anilines is 3. The third-order valence-corrected chi connectivity index (χ3v) is 3.24. The van der Waals surface area contributed by atoms with Gasteiger partial charge in [0, 0.05) is 28.5 Å². The first-order valence-electron chi connectivity index (χ1n) is 6.70. The third kappa shape index (κ3) is 5.21. The molecule has 0 atom stereocenters. The van der Waals surface area contributed by atoms with Crippen molar-refractivity contribution in [3.63, 3.8) is 0 Å². The van der Waals surface area contributed by atoms with Gasteiger partial charge in [-0.3, -0.25) is 9.59 Å². The first-order chi connectivity index (χ1) is 10.5. The maximum atomic E-state index is 11.9. The van der Waals surface area contributed by atoms with Crippen LogP contribution < -0.4 is 16.0 Å². The molecule has 0 saturated heterocycles. The SMILES string of the molecule is CC(=O)Nc1cccc(NCC(=O)Nc2cccc(Br)c2)c1. The van der Waals surface area contributed by atoms with Gasteiger partial charge in [-0.1, -0.05) is 28.1 Å². The van der Waals surface area contributed by atoms with Gasteiger partial charge in [-0.2, -0.15) is 0 Å². The highest BCUT2D eigenvalue weighted by Gasteiger charge is 2.03. The number of hydrogen-bond acceptors (Lipinski definition) is 3. The summed E-state index contributed by atoms with van der Waals surface area (Å²) < 4.78 is 0.904. The van der Waals surface area contributed by atoms with Gasteiger partial charge >= 0.3 is 0 Å².